The summed E-state index contributed by atoms with van der Waals surface area (Å²) in [4.78, 5) is 11.0. The van der Waals surface area contributed by atoms with Crippen molar-refractivity contribution in [3.63, 3.8) is 0 Å². The fourth-order valence-electron chi connectivity index (χ4n) is 2.32. The van der Waals surface area contributed by atoms with E-state index in [1.165, 1.54) is 0 Å². The molecule has 3 nitrogen and oxygen atoms in total. The first-order chi connectivity index (χ1) is 8.72. The van der Waals surface area contributed by atoms with Gasteiger partial charge in [-0.1, -0.05) is 15.9 Å². The number of ether oxygens (including phenoxy) is 2. The first kappa shape index (κ1) is 13.6. The number of benzene rings is 1. The third-order valence-electron chi connectivity index (χ3n) is 3.30. The molecule has 0 radical (unpaired) electrons. The van der Waals surface area contributed by atoms with Gasteiger partial charge in [0.2, 0.25) is 0 Å². The number of carbonyl (C=O) groups excluding carboxylic acids is 1. The molecule has 0 aliphatic heterocycles. The van der Waals surface area contributed by atoms with Gasteiger partial charge >= 0.3 is 0 Å². The lowest BCUT2D eigenvalue weighted by Gasteiger charge is -2.29. The number of hydrogen-bond donors (Lipinski definition) is 0. The van der Waals surface area contributed by atoms with Crippen molar-refractivity contribution in [2.45, 2.75) is 37.9 Å². The fraction of sp³-hybridized carbons (Fsp3) is 0.500. The average molecular weight is 313 g/mol. The average Bonchev–Trinajstić information content (AvgIpc) is 2.41. The molecule has 0 aromatic heterocycles. The smallest absolute Gasteiger partial charge is 0.153 e. The summed E-state index contributed by atoms with van der Waals surface area (Å²) in [5.74, 6) is 0.662. The van der Waals surface area contributed by atoms with Crippen LogP contribution in [0.5, 0.6) is 5.75 Å². The van der Waals surface area contributed by atoms with Gasteiger partial charge in [-0.05, 0) is 37.5 Å². The van der Waals surface area contributed by atoms with Crippen LogP contribution in [0.25, 0.3) is 0 Å². The molecule has 2 atom stereocenters. The Morgan fingerprint density at radius 2 is 2.11 bits per heavy atom. The first-order valence-corrected chi connectivity index (χ1v) is 6.96. The first-order valence-electron chi connectivity index (χ1n) is 6.17. The van der Waals surface area contributed by atoms with Gasteiger partial charge in [0.05, 0.1) is 11.7 Å². The van der Waals surface area contributed by atoms with E-state index in [0.717, 1.165) is 36.4 Å². The van der Waals surface area contributed by atoms with Crippen molar-refractivity contribution in [1.82, 2.24) is 0 Å². The Balaban J connectivity index is 2.06. The molecule has 2 rings (SSSR count). The van der Waals surface area contributed by atoms with Crippen molar-refractivity contribution in [3.05, 3.63) is 28.2 Å². The Labute approximate surface area is 116 Å². The molecule has 0 N–H and O–H groups in total. The molecule has 1 aromatic rings. The fourth-order valence-corrected chi connectivity index (χ4v) is 2.70. The van der Waals surface area contributed by atoms with Crippen molar-refractivity contribution in [1.29, 1.82) is 0 Å². The normalized spacial score (nSPS) is 23.7. The standard InChI is InChI=1S/C14H17BrO3/c1-17-12-3-2-4-13(8-12)18-14-6-5-11(15)7-10(14)9-16/h5-7,9,12-13H,2-4,8H2,1H3. The van der Waals surface area contributed by atoms with E-state index in [2.05, 4.69) is 15.9 Å². The minimum atomic E-state index is 0.142. The third kappa shape index (κ3) is 3.33. The predicted molar refractivity (Wildman–Crippen MR) is 73.2 cm³/mol. The summed E-state index contributed by atoms with van der Waals surface area (Å²) in [6, 6.07) is 5.50. The van der Waals surface area contributed by atoms with Gasteiger partial charge in [0, 0.05) is 18.0 Å². The minimum Gasteiger partial charge on any atom is -0.490 e. The molecule has 1 fully saturated rings. The monoisotopic (exact) mass is 312 g/mol. The van der Waals surface area contributed by atoms with Crippen LogP contribution in [0.4, 0.5) is 0 Å². The zero-order valence-electron chi connectivity index (χ0n) is 10.4. The quantitative estimate of drug-likeness (QED) is 0.797. The van der Waals surface area contributed by atoms with Crippen molar-refractivity contribution in [2.75, 3.05) is 7.11 Å². The van der Waals surface area contributed by atoms with Crippen molar-refractivity contribution in [3.8, 4) is 5.75 Å². The van der Waals surface area contributed by atoms with E-state index >= 15 is 0 Å². The second-order valence-corrected chi connectivity index (χ2v) is 5.48. The van der Waals surface area contributed by atoms with Gasteiger partial charge in [0.15, 0.2) is 6.29 Å². The molecule has 0 saturated heterocycles. The topological polar surface area (TPSA) is 35.5 Å². The Bertz CT molecular complexity index is 420. The molecule has 18 heavy (non-hydrogen) atoms. The van der Waals surface area contributed by atoms with Gasteiger partial charge in [-0.3, -0.25) is 4.79 Å². The molecule has 0 amide bonds. The van der Waals surface area contributed by atoms with Crippen LogP contribution in [0.15, 0.2) is 22.7 Å². The summed E-state index contributed by atoms with van der Waals surface area (Å²) in [6.07, 6.45) is 5.37. The van der Waals surface area contributed by atoms with Gasteiger partial charge in [0.25, 0.3) is 0 Å². The zero-order chi connectivity index (χ0) is 13.0. The molecule has 98 valence electrons. The molecule has 1 aliphatic carbocycles. The molecular weight excluding hydrogens is 296 g/mol. The van der Waals surface area contributed by atoms with Crippen LogP contribution in [0.1, 0.15) is 36.0 Å². The van der Waals surface area contributed by atoms with Crippen LogP contribution in [-0.4, -0.2) is 25.6 Å². The SMILES string of the molecule is COC1CCCC(Oc2ccc(Br)cc2C=O)C1. The highest BCUT2D eigenvalue weighted by Gasteiger charge is 2.23. The Kier molecular flexibility index (Phi) is 4.78. The van der Waals surface area contributed by atoms with Gasteiger partial charge in [-0.15, -0.1) is 0 Å². The van der Waals surface area contributed by atoms with Crippen molar-refractivity contribution in [2.24, 2.45) is 0 Å². The molecular formula is C14H17BrO3. The number of hydrogen-bond acceptors (Lipinski definition) is 3. The summed E-state index contributed by atoms with van der Waals surface area (Å²) in [6.45, 7) is 0. The van der Waals surface area contributed by atoms with Gasteiger partial charge in [-0.2, -0.15) is 0 Å². The molecule has 0 bridgehead atoms. The number of methoxy groups -OCH3 is 1. The molecule has 2 unspecified atom stereocenters. The minimum absolute atomic E-state index is 0.142. The van der Waals surface area contributed by atoms with E-state index in [1.807, 2.05) is 12.1 Å². The number of halogens is 1. The summed E-state index contributed by atoms with van der Waals surface area (Å²) < 4.78 is 12.2. The van der Waals surface area contributed by atoms with E-state index < -0.39 is 0 Å². The molecule has 0 heterocycles. The predicted octanol–water partition coefficient (Wildman–Crippen LogP) is 3.60. The van der Waals surface area contributed by atoms with Crippen LogP contribution in [0.2, 0.25) is 0 Å². The van der Waals surface area contributed by atoms with E-state index in [9.17, 15) is 4.79 Å². The highest BCUT2D eigenvalue weighted by Crippen LogP contribution is 2.28. The Morgan fingerprint density at radius 1 is 1.33 bits per heavy atom. The van der Waals surface area contributed by atoms with Crippen LogP contribution in [-0.2, 0) is 4.74 Å². The number of rotatable bonds is 4. The molecule has 1 aliphatic rings. The van der Waals surface area contributed by atoms with Crippen molar-refractivity contribution >= 4 is 22.2 Å². The van der Waals surface area contributed by atoms with E-state index in [1.54, 1.807) is 13.2 Å². The number of carbonyl (C=O) groups is 1. The highest BCUT2D eigenvalue weighted by atomic mass is 79.9. The summed E-state index contributed by atoms with van der Waals surface area (Å²) in [5.41, 5.74) is 0.587. The Morgan fingerprint density at radius 3 is 2.83 bits per heavy atom. The van der Waals surface area contributed by atoms with E-state index in [0.29, 0.717) is 11.3 Å². The maximum atomic E-state index is 11.0. The second-order valence-electron chi connectivity index (χ2n) is 4.56. The van der Waals surface area contributed by atoms with Crippen LogP contribution >= 0.6 is 15.9 Å². The largest absolute Gasteiger partial charge is 0.490 e. The maximum Gasteiger partial charge on any atom is 0.153 e. The lowest BCUT2D eigenvalue weighted by atomic mass is 9.95. The van der Waals surface area contributed by atoms with E-state index in [-0.39, 0.29) is 12.2 Å². The number of aldehydes is 1. The summed E-state index contributed by atoms with van der Waals surface area (Å²) in [5, 5.41) is 0. The van der Waals surface area contributed by atoms with Crippen LogP contribution in [0.3, 0.4) is 0 Å². The van der Waals surface area contributed by atoms with Gasteiger partial charge in [-0.25, -0.2) is 0 Å². The molecule has 0 spiro atoms. The van der Waals surface area contributed by atoms with Gasteiger partial charge < -0.3 is 9.47 Å². The summed E-state index contributed by atoms with van der Waals surface area (Å²) >= 11 is 3.35. The lowest BCUT2D eigenvalue weighted by molar-refractivity contribution is 0.0208. The highest BCUT2D eigenvalue weighted by molar-refractivity contribution is 9.10. The third-order valence-corrected chi connectivity index (χ3v) is 3.80. The molecule has 1 saturated carbocycles. The van der Waals surface area contributed by atoms with Crippen LogP contribution < -0.4 is 4.74 Å². The zero-order valence-corrected chi connectivity index (χ0v) is 12.0. The Hall–Kier alpha value is -0.870. The molecule has 4 heteroatoms. The summed E-state index contributed by atoms with van der Waals surface area (Å²) in [7, 11) is 1.74. The van der Waals surface area contributed by atoms with E-state index in [4.69, 9.17) is 9.47 Å². The van der Waals surface area contributed by atoms with Gasteiger partial charge in [0.1, 0.15) is 11.9 Å². The van der Waals surface area contributed by atoms with Crippen LogP contribution in [0, 0.1) is 0 Å². The second kappa shape index (κ2) is 6.34. The molecule has 1 aromatic carbocycles. The lowest BCUT2D eigenvalue weighted by Crippen LogP contribution is -2.29. The maximum absolute atomic E-state index is 11.0. The van der Waals surface area contributed by atoms with Crippen molar-refractivity contribution < 1.29 is 14.3 Å².